The van der Waals surface area contributed by atoms with Gasteiger partial charge in [-0.25, -0.2) is 0 Å². The number of aromatic nitrogens is 2. The van der Waals surface area contributed by atoms with Gasteiger partial charge in [0.2, 0.25) is 0 Å². The molecule has 0 aliphatic carbocycles. The topological polar surface area (TPSA) is 76.2 Å². The number of nitrogens with one attached hydrogen (secondary N) is 1. The molecule has 1 heterocycles. The van der Waals surface area contributed by atoms with Gasteiger partial charge in [-0.2, -0.15) is 5.10 Å². The standard InChI is InChI=1S/C8H12ClN5OS/c1-3-14(8(10)16)12-7(15)6-5(9)4-13(2)11-6/h4H,3H2,1-2H3,(H2,10,16)(H,12,15). The Morgan fingerprint density at radius 1 is 1.81 bits per heavy atom. The quantitative estimate of drug-likeness (QED) is 0.591. The lowest BCUT2D eigenvalue weighted by Gasteiger charge is -2.20. The first-order valence-corrected chi connectivity index (χ1v) is 5.31. The number of amides is 1. The first kappa shape index (κ1) is 12.7. The maximum atomic E-state index is 11.7. The van der Waals surface area contributed by atoms with E-state index in [1.807, 2.05) is 0 Å². The number of nitrogens with two attached hydrogens (primary N) is 1. The van der Waals surface area contributed by atoms with E-state index in [1.165, 1.54) is 15.9 Å². The predicted molar refractivity (Wildman–Crippen MR) is 64.8 cm³/mol. The average molecular weight is 262 g/mol. The zero-order valence-electron chi connectivity index (χ0n) is 8.90. The number of hydrogen-bond donors (Lipinski definition) is 2. The summed E-state index contributed by atoms with van der Waals surface area (Å²) in [6.45, 7) is 2.27. The van der Waals surface area contributed by atoms with Crippen LogP contribution in [0.4, 0.5) is 0 Å². The zero-order chi connectivity index (χ0) is 12.3. The van der Waals surface area contributed by atoms with E-state index in [9.17, 15) is 4.79 Å². The van der Waals surface area contributed by atoms with E-state index in [2.05, 4.69) is 10.5 Å². The molecule has 0 fully saturated rings. The van der Waals surface area contributed by atoms with Gasteiger partial charge in [-0.3, -0.25) is 19.9 Å². The van der Waals surface area contributed by atoms with Gasteiger partial charge < -0.3 is 5.73 Å². The normalized spacial score (nSPS) is 9.94. The summed E-state index contributed by atoms with van der Waals surface area (Å²) in [7, 11) is 1.67. The molecule has 0 aliphatic rings. The molecule has 0 unspecified atom stereocenters. The Hall–Kier alpha value is -1.34. The number of carbonyl (C=O) groups excluding carboxylic acids is 1. The van der Waals surface area contributed by atoms with E-state index in [-0.39, 0.29) is 15.8 Å². The van der Waals surface area contributed by atoms with Crippen LogP contribution in [0.15, 0.2) is 6.20 Å². The molecule has 0 saturated heterocycles. The fraction of sp³-hybridized carbons (Fsp3) is 0.375. The molecule has 1 aromatic heterocycles. The van der Waals surface area contributed by atoms with Crippen molar-refractivity contribution in [1.29, 1.82) is 0 Å². The highest BCUT2D eigenvalue weighted by molar-refractivity contribution is 7.80. The summed E-state index contributed by atoms with van der Waals surface area (Å²) in [5, 5.41) is 5.62. The van der Waals surface area contributed by atoms with Crippen LogP contribution in [0.1, 0.15) is 17.4 Å². The van der Waals surface area contributed by atoms with Crippen molar-refractivity contribution in [2.24, 2.45) is 12.8 Å². The summed E-state index contributed by atoms with van der Waals surface area (Å²) in [5.41, 5.74) is 8.04. The van der Waals surface area contributed by atoms with Gasteiger partial charge in [0, 0.05) is 19.8 Å². The highest BCUT2D eigenvalue weighted by Crippen LogP contribution is 2.12. The Balaban J connectivity index is 2.79. The summed E-state index contributed by atoms with van der Waals surface area (Å²) in [5.74, 6) is -0.444. The molecule has 1 amide bonds. The van der Waals surface area contributed by atoms with Crippen molar-refractivity contribution in [1.82, 2.24) is 20.2 Å². The lowest BCUT2D eigenvalue weighted by Crippen LogP contribution is -2.48. The van der Waals surface area contributed by atoms with Crippen LogP contribution in [0.2, 0.25) is 5.02 Å². The van der Waals surface area contributed by atoms with E-state index < -0.39 is 5.91 Å². The van der Waals surface area contributed by atoms with Gasteiger partial charge in [0.1, 0.15) is 0 Å². The summed E-state index contributed by atoms with van der Waals surface area (Å²) in [6, 6.07) is 0. The third-order valence-electron chi connectivity index (χ3n) is 1.82. The van der Waals surface area contributed by atoms with Gasteiger partial charge in [-0.15, -0.1) is 0 Å². The van der Waals surface area contributed by atoms with Crippen LogP contribution in [-0.4, -0.2) is 32.4 Å². The number of thiocarbonyl (C=S) groups is 1. The Labute approximate surface area is 103 Å². The second-order valence-corrected chi connectivity index (χ2v) is 3.85. The summed E-state index contributed by atoms with van der Waals surface area (Å²) in [4.78, 5) is 11.7. The highest BCUT2D eigenvalue weighted by Gasteiger charge is 2.17. The molecule has 0 bridgehead atoms. The van der Waals surface area contributed by atoms with Crippen LogP contribution in [0.3, 0.4) is 0 Å². The van der Waals surface area contributed by atoms with Gasteiger partial charge in [0.15, 0.2) is 10.8 Å². The number of rotatable bonds is 2. The van der Waals surface area contributed by atoms with E-state index in [0.29, 0.717) is 6.54 Å². The van der Waals surface area contributed by atoms with Crippen molar-refractivity contribution < 1.29 is 4.79 Å². The van der Waals surface area contributed by atoms with Crippen molar-refractivity contribution >= 4 is 34.8 Å². The number of nitrogens with zero attached hydrogens (tertiary/aromatic N) is 3. The van der Waals surface area contributed by atoms with E-state index >= 15 is 0 Å². The fourth-order valence-electron chi connectivity index (χ4n) is 1.08. The van der Waals surface area contributed by atoms with E-state index in [4.69, 9.17) is 29.6 Å². The van der Waals surface area contributed by atoms with Crippen LogP contribution in [0, 0.1) is 0 Å². The molecule has 1 rings (SSSR count). The van der Waals surface area contributed by atoms with Gasteiger partial charge >= 0.3 is 0 Å². The third-order valence-corrected chi connectivity index (χ3v) is 2.31. The van der Waals surface area contributed by atoms with Crippen molar-refractivity contribution in [2.75, 3.05) is 6.54 Å². The van der Waals surface area contributed by atoms with E-state index in [1.54, 1.807) is 14.0 Å². The first-order chi connectivity index (χ1) is 7.45. The molecule has 0 aromatic carbocycles. The minimum Gasteiger partial charge on any atom is -0.375 e. The minimum absolute atomic E-state index is 0.0860. The molecule has 0 spiro atoms. The second kappa shape index (κ2) is 5.13. The average Bonchev–Trinajstić information content (AvgIpc) is 2.53. The molecule has 16 heavy (non-hydrogen) atoms. The maximum absolute atomic E-state index is 11.7. The minimum atomic E-state index is -0.444. The molecule has 3 N–H and O–H groups in total. The first-order valence-electron chi connectivity index (χ1n) is 4.52. The maximum Gasteiger partial charge on any atom is 0.291 e. The van der Waals surface area contributed by atoms with Crippen molar-refractivity contribution in [3.8, 4) is 0 Å². The molecule has 88 valence electrons. The Bertz CT molecular complexity index is 419. The summed E-state index contributed by atoms with van der Waals surface area (Å²) >= 11 is 10.6. The molecular formula is C8H12ClN5OS. The molecule has 0 aliphatic heterocycles. The smallest absolute Gasteiger partial charge is 0.291 e. The third kappa shape index (κ3) is 2.83. The van der Waals surface area contributed by atoms with Gasteiger partial charge in [-0.1, -0.05) is 11.6 Å². The van der Waals surface area contributed by atoms with E-state index in [0.717, 1.165) is 0 Å². The van der Waals surface area contributed by atoms with Crippen LogP contribution < -0.4 is 11.2 Å². The lowest BCUT2D eigenvalue weighted by molar-refractivity contribution is 0.0869. The van der Waals surface area contributed by atoms with Gasteiger partial charge in [0.05, 0.1) is 5.02 Å². The fourth-order valence-corrected chi connectivity index (χ4v) is 1.52. The van der Waals surface area contributed by atoms with Crippen molar-refractivity contribution in [3.05, 3.63) is 16.9 Å². The molecule has 0 saturated carbocycles. The zero-order valence-corrected chi connectivity index (χ0v) is 10.5. The van der Waals surface area contributed by atoms with Gasteiger partial charge in [-0.05, 0) is 19.1 Å². The lowest BCUT2D eigenvalue weighted by atomic mass is 10.4. The summed E-state index contributed by atoms with van der Waals surface area (Å²) in [6.07, 6.45) is 1.54. The number of hydrazine groups is 1. The van der Waals surface area contributed by atoms with Crippen molar-refractivity contribution in [3.63, 3.8) is 0 Å². The molecule has 0 atom stereocenters. The number of hydrogen-bond acceptors (Lipinski definition) is 3. The second-order valence-electron chi connectivity index (χ2n) is 3.02. The molecular weight excluding hydrogens is 250 g/mol. The van der Waals surface area contributed by atoms with Gasteiger partial charge in [0.25, 0.3) is 5.91 Å². The van der Waals surface area contributed by atoms with Crippen molar-refractivity contribution in [2.45, 2.75) is 6.92 Å². The Morgan fingerprint density at radius 2 is 2.44 bits per heavy atom. The monoisotopic (exact) mass is 261 g/mol. The largest absolute Gasteiger partial charge is 0.375 e. The number of carbonyl (C=O) groups is 1. The Morgan fingerprint density at radius 3 is 2.81 bits per heavy atom. The number of halogens is 1. The number of aryl methyl sites for hydroxylation is 1. The molecule has 6 nitrogen and oxygen atoms in total. The van der Waals surface area contributed by atoms with Crippen LogP contribution >= 0.6 is 23.8 Å². The Kier molecular flexibility index (Phi) is 4.08. The predicted octanol–water partition coefficient (Wildman–Crippen LogP) is 0.284. The van der Waals surface area contributed by atoms with Crippen LogP contribution in [0.25, 0.3) is 0 Å². The van der Waals surface area contributed by atoms with Crippen LogP contribution in [0.5, 0.6) is 0 Å². The molecule has 8 heteroatoms. The SMILES string of the molecule is CCN(NC(=O)c1nn(C)cc1Cl)C(N)=S. The molecule has 1 aromatic rings. The highest BCUT2D eigenvalue weighted by atomic mass is 35.5. The van der Waals surface area contributed by atoms with Crippen LogP contribution in [-0.2, 0) is 7.05 Å². The summed E-state index contributed by atoms with van der Waals surface area (Å²) < 4.78 is 1.45. The molecule has 0 radical (unpaired) electrons.